The zero-order valence-corrected chi connectivity index (χ0v) is 13.8. The molecule has 118 valence electrons. The Balaban J connectivity index is 1.70. The maximum atomic E-state index is 5.40. The molecule has 1 aromatic heterocycles. The van der Waals surface area contributed by atoms with Crippen molar-refractivity contribution in [1.82, 2.24) is 4.98 Å². The topological polar surface area (TPSA) is 40.6 Å². The van der Waals surface area contributed by atoms with E-state index < -0.39 is 0 Å². The van der Waals surface area contributed by atoms with E-state index in [-0.39, 0.29) is 0 Å². The Bertz CT molecular complexity index is 422. The fraction of sp³-hybridized carbons (Fsp3) is 0.688. The van der Waals surface area contributed by atoms with E-state index in [1.165, 1.54) is 31.4 Å². The second-order valence-electron chi connectivity index (χ2n) is 5.24. The first kappa shape index (κ1) is 16.4. The van der Waals surface area contributed by atoms with Gasteiger partial charge in [-0.05, 0) is 37.4 Å². The highest BCUT2D eigenvalue weighted by molar-refractivity contribution is 7.98. The van der Waals surface area contributed by atoms with Crippen molar-refractivity contribution in [2.45, 2.75) is 31.4 Å². The Labute approximate surface area is 131 Å². The zero-order valence-electron chi connectivity index (χ0n) is 13.0. The van der Waals surface area contributed by atoms with Crippen molar-refractivity contribution >= 4 is 11.8 Å². The maximum absolute atomic E-state index is 5.40. The minimum absolute atomic E-state index is 0.755. The number of nitrogens with zero attached hydrogens (tertiary/aromatic N) is 1. The first-order valence-electron chi connectivity index (χ1n) is 7.56. The highest BCUT2D eigenvalue weighted by Gasteiger charge is 2.14. The summed E-state index contributed by atoms with van der Waals surface area (Å²) in [6.07, 6.45) is 6.83. The lowest BCUT2D eigenvalue weighted by Gasteiger charge is -2.21. The molecule has 1 aliphatic heterocycles. The molecule has 0 aromatic carbocycles. The molecule has 1 aliphatic rings. The molecule has 2 heterocycles. The summed E-state index contributed by atoms with van der Waals surface area (Å²) >= 11 is 1.91. The lowest BCUT2D eigenvalue weighted by molar-refractivity contribution is 0.0638. The summed E-state index contributed by atoms with van der Waals surface area (Å²) in [5.74, 6) is 4.42. The van der Waals surface area contributed by atoms with E-state index in [0.717, 1.165) is 42.1 Å². The Hall–Kier alpha value is -0.940. The van der Waals surface area contributed by atoms with Gasteiger partial charge in [-0.3, -0.25) is 4.98 Å². The van der Waals surface area contributed by atoms with E-state index in [9.17, 15) is 0 Å². The van der Waals surface area contributed by atoms with Crippen molar-refractivity contribution in [2.24, 2.45) is 5.92 Å². The van der Waals surface area contributed by atoms with Gasteiger partial charge in [-0.2, -0.15) is 11.8 Å². The van der Waals surface area contributed by atoms with Crippen LogP contribution in [0.3, 0.4) is 0 Å². The number of hydrogen-bond acceptors (Lipinski definition) is 5. The van der Waals surface area contributed by atoms with Gasteiger partial charge < -0.3 is 14.2 Å². The number of hydrogen-bond donors (Lipinski definition) is 0. The fourth-order valence-electron chi connectivity index (χ4n) is 2.63. The summed E-state index contributed by atoms with van der Waals surface area (Å²) in [4.78, 5) is 4.40. The smallest absolute Gasteiger partial charge is 0.183 e. The molecule has 4 nitrogen and oxygen atoms in total. The average Bonchev–Trinajstić information content (AvgIpc) is 2.55. The summed E-state index contributed by atoms with van der Waals surface area (Å²) in [5, 5.41) is 0. The standard InChI is InChI=1S/C16H25NO3S/c1-18-15-5-8-17-14(16(15)19-2)12-21-11-3-4-13-6-9-20-10-7-13/h5,8,13H,3-4,6-7,9-12H2,1-2H3. The van der Waals surface area contributed by atoms with Gasteiger partial charge in [-0.15, -0.1) is 0 Å². The SMILES string of the molecule is COc1ccnc(CSCCCC2CCOCC2)c1OC. The minimum atomic E-state index is 0.755. The fourth-order valence-corrected chi connectivity index (χ4v) is 3.55. The van der Waals surface area contributed by atoms with Gasteiger partial charge in [-0.25, -0.2) is 0 Å². The molecule has 0 radical (unpaired) electrons. The zero-order chi connectivity index (χ0) is 14.9. The molecule has 1 fully saturated rings. The summed E-state index contributed by atoms with van der Waals surface area (Å²) in [6.45, 7) is 1.89. The van der Waals surface area contributed by atoms with Gasteiger partial charge >= 0.3 is 0 Å². The van der Waals surface area contributed by atoms with Crippen LogP contribution in [0, 0.1) is 5.92 Å². The van der Waals surface area contributed by atoms with E-state index in [1.54, 1.807) is 20.4 Å². The van der Waals surface area contributed by atoms with Crippen LogP contribution < -0.4 is 9.47 Å². The second kappa shape index (κ2) is 9.15. The van der Waals surface area contributed by atoms with Crippen molar-refractivity contribution in [2.75, 3.05) is 33.2 Å². The van der Waals surface area contributed by atoms with Gasteiger partial charge in [0.15, 0.2) is 11.5 Å². The van der Waals surface area contributed by atoms with Crippen LogP contribution in [0.25, 0.3) is 0 Å². The molecule has 0 saturated carbocycles. The molecular weight excluding hydrogens is 286 g/mol. The van der Waals surface area contributed by atoms with Crippen molar-refractivity contribution in [3.8, 4) is 11.5 Å². The predicted molar refractivity (Wildman–Crippen MR) is 86.3 cm³/mol. The Kier molecular flexibility index (Phi) is 7.16. The first-order valence-corrected chi connectivity index (χ1v) is 8.72. The molecule has 5 heteroatoms. The maximum Gasteiger partial charge on any atom is 0.183 e. The molecule has 2 rings (SSSR count). The molecule has 0 amide bonds. The van der Waals surface area contributed by atoms with Crippen molar-refractivity contribution < 1.29 is 14.2 Å². The predicted octanol–water partition coefficient (Wildman–Crippen LogP) is 3.54. The molecule has 0 N–H and O–H groups in total. The number of methoxy groups -OCH3 is 2. The summed E-state index contributed by atoms with van der Waals surface area (Å²) in [5.41, 5.74) is 0.966. The van der Waals surface area contributed by atoms with Crippen LogP contribution in [0.4, 0.5) is 0 Å². The van der Waals surface area contributed by atoms with Gasteiger partial charge in [-0.1, -0.05) is 0 Å². The number of thioether (sulfide) groups is 1. The van der Waals surface area contributed by atoms with Crippen molar-refractivity contribution in [3.05, 3.63) is 18.0 Å². The molecular formula is C16H25NO3S. The molecule has 21 heavy (non-hydrogen) atoms. The van der Waals surface area contributed by atoms with Gasteiger partial charge in [0.25, 0.3) is 0 Å². The second-order valence-corrected chi connectivity index (χ2v) is 6.35. The normalized spacial score (nSPS) is 15.9. The van der Waals surface area contributed by atoms with Crippen molar-refractivity contribution in [3.63, 3.8) is 0 Å². The largest absolute Gasteiger partial charge is 0.493 e. The highest BCUT2D eigenvalue weighted by Crippen LogP contribution is 2.31. The van der Waals surface area contributed by atoms with E-state index in [1.807, 2.05) is 17.8 Å². The van der Waals surface area contributed by atoms with Crippen LogP contribution in [0.15, 0.2) is 12.3 Å². The molecule has 0 unspecified atom stereocenters. The molecule has 1 aromatic rings. The van der Waals surface area contributed by atoms with Crippen LogP contribution >= 0.6 is 11.8 Å². The molecule has 0 atom stereocenters. The quantitative estimate of drug-likeness (QED) is 0.687. The molecule has 0 spiro atoms. The summed E-state index contributed by atoms with van der Waals surface area (Å²) in [6, 6.07) is 1.83. The molecule has 0 bridgehead atoms. The summed E-state index contributed by atoms with van der Waals surface area (Å²) < 4.78 is 16.1. The van der Waals surface area contributed by atoms with Crippen LogP contribution in [0.1, 0.15) is 31.4 Å². The lowest BCUT2D eigenvalue weighted by atomic mass is 9.95. The first-order chi connectivity index (χ1) is 10.3. The van der Waals surface area contributed by atoms with Gasteiger partial charge in [0.1, 0.15) is 0 Å². The summed E-state index contributed by atoms with van der Waals surface area (Å²) in [7, 11) is 3.32. The number of pyridine rings is 1. The van der Waals surface area contributed by atoms with Crippen LogP contribution in [-0.2, 0) is 10.5 Å². The van der Waals surface area contributed by atoms with Crippen LogP contribution in [0.5, 0.6) is 11.5 Å². The minimum Gasteiger partial charge on any atom is -0.493 e. The van der Waals surface area contributed by atoms with E-state index in [4.69, 9.17) is 14.2 Å². The van der Waals surface area contributed by atoms with Gasteiger partial charge in [0, 0.05) is 31.2 Å². The third kappa shape index (κ3) is 5.08. The third-order valence-electron chi connectivity index (χ3n) is 3.85. The Morgan fingerprint density at radius 1 is 1.29 bits per heavy atom. The van der Waals surface area contributed by atoms with E-state index >= 15 is 0 Å². The van der Waals surface area contributed by atoms with E-state index in [2.05, 4.69) is 4.98 Å². The Morgan fingerprint density at radius 3 is 2.81 bits per heavy atom. The number of rotatable bonds is 8. The van der Waals surface area contributed by atoms with E-state index in [0.29, 0.717) is 0 Å². The molecule has 0 aliphatic carbocycles. The lowest BCUT2D eigenvalue weighted by Crippen LogP contribution is -2.15. The van der Waals surface area contributed by atoms with Gasteiger partial charge in [0.05, 0.1) is 19.9 Å². The average molecular weight is 311 g/mol. The highest BCUT2D eigenvalue weighted by atomic mass is 32.2. The van der Waals surface area contributed by atoms with Gasteiger partial charge in [0.2, 0.25) is 0 Å². The number of aromatic nitrogens is 1. The van der Waals surface area contributed by atoms with Crippen LogP contribution in [-0.4, -0.2) is 38.2 Å². The van der Waals surface area contributed by atoms with Crippen LogP contribution in [0.2, 0.25) is 0 Å². The number of ether oxygens (including phenoxy) is 3. The van der Waals surface area contributed by atoms with Crippen molar-refractivity contribution in [1.29, 1.82) is 0 Å². The Morgan fingerprint density at radius 2 is 2.10 bits per heavy atom. The third-order valence-corrected chi connectivity index (χ3v) is 4.90. The monoisotopic (exact) mass is 311 g/mol. The molecule has 1 saturated heterocycles.